The molecule has 96 valence electrons. The van der Waals surface area contributed by atoms with Crippen LogP contribution in [0.15, 0.2) is 0 Å². The van der Waals surface area contributed by atoms with E-state index in [1.54, 1.807) is 0 Å². The van der Waals surface area contributed by atoms with Crippen LogP contribution in [0.25, 0.3) is 0 Å². The van der Waals surface area contributed by atoms with Crippen LogP contribution in [0, 0.1) is 11.8 Å². The summed E-state index contributed by atoms with van der Waals surface area (Å²) in [5.41, 5.74) is 0.165. The Morgan fingerprint density at radius 1 is 0.938 bits per heavy atom. The van der Waals surface area contributed by atoms with Crippen molar-refractivity contribution >= 4 is 15.4 Å². The standard InChI is InChI=1S/C13H30OSi2/c1-11(2)13(12(3)4)9-10-15(5,6)16(7,8)14-13/h11-12H,9-10H2,1-8H3. The minimum Gasteiger partial charge on any atom is -0.414 e. The molecule has 0 N–H and O–H groups in total. The van der Waals surface area contributed by atoms with Crippen LogP contribution in [0.3, 0.4) is 0 Å². The molecule has 0 unspecified atom stereocenters. The summed E-state index contributed by atoms with van der Waals surface area (Å²) in [4.78, 5) is 0. The minimum atomic E-state index is -1.44. The molecule has 0 aromatic carbocycles. The summed E-state index contributed by atoms with van der Waals surface area (Å²) >= 11 is 0. The van der Waals surface area contributed by atoms with Crippen molar-refractivity contribution < 1.29 is 4.43 Å². The largest absolute Gasteiger partial charge is 0.414 e. The molecule has 3 heteroatoms. The molecule has 1 fully saturated rings. The summed E-state index contributed by atoms with van der Waals surface area (Å²) in [5, 5.41) is 0. The third-order valence-electron chi connectivity index (χ3n) is 5.17. The van der Waals surface area contributed by atoms with Crippen molar-refractivity contribution in [1.82, 2.24) is 0 Å². The van der Waals surface area contributed by atoms with Crippen LogP contribution < -0.4 is 0 Å². The van der Waals surface area contributed by atoms with Crippen LogP contribution in [-0.2, 0) is 4.43 Å². The highest BCUT2D eigenvalue weighted by Crippen LogP contribution is 2.46. The Hall–Kier alpha value is 0.394. The molecular weight excluding hydrogens is 228 g/mol. The lowest BCUT2D eigenvalue weighted by Crippen LogP contribution is -2.67. The van der Waals surface area contributed by atoms with Crippen molar-refractivity contribution in [3.63, 3.8) is 0 Å². The van der Waals surface area contributed by atoms with Gasteiger partial charge in [0.05, 0.1) is 13.2 Å². The molecule has 1 aliphatic heterocycles. The lowest BCUT2D eigenvalue weighted by Gasteiger charge is -2.56. The first kappa shape index (κ1) is 14.5. The summed E-state index contributed by atoms with van der Waals surface area (Å²) < 4.78 is 6.80. The first-order chi connectivity index (χ1) is 7.05. The van der Waals surface area contributed by atoms with Gasteiger partial charge < -0.3 is 4.43 Å². The van der Waals surface area contributed by atoms with Gasteiger partial charge in [-0.2, -0.15) is 0 Å². The Morgan fingerprint density at radius 2 is 1.38 bits per heavy atom. The average molecular weight is 259 g/mol. The maximum Gasteiger partial charge on any atom is 0.174 e. The second kappa shape index (κ2) is 4.25. The van der Waals surface area contributed by atoms with Crippen LogP contribution in [0.4, 0.5) is 0 Å². The van der Waals surface area contributed by atoms with Gasteiger partial charge in [-0.25, -0.2) is 0 Å². The lowest BCUT2D eigenvalue weighted by molar-refractivity contribution is -0.0346. The quantitative estimate of drug-likeness (QED) is 0.665. The predicted molar refractivity (Wildman–Crippen MR) is 77.9 cm³/mol. The van der Waals surface area contributed by atoms with E-state index in [4.69, 9.17) is 4.43 Å². The molecule has 0 spiro atoms. The van der Waals surface area contributed by atoms with E-state index in [2.05, 4.69) is 53.9 Å². The van der Waals surface area contributed by atoms with Gasteiger partial charge in [-0.15, -0.1) is 0 Å². The fourth-order valence-corrected chi connectivity index (χ4v) is 9.95. The SMILES string of the molecule is CC(C)C1(C(C)C)CC[Si](C)(C)[Si](C)(C)O1. The van der Waals surface area contributed by atoms with Crippen molar-refractivity contribution in [2.75, 3.05) is 0 Å². The maximum absolute atomic E-state index is 6.80. The van der Waals surface area contributed by atoms with Crippen LogP contribution in [0.5, 0.6) is 0 Å². The van der Waals surface area contributed by atoms with Gasteiger partial charge in [-0.05, 0) is 31.4 Å². The summed E-state index contributed by atoms with van der Waals surface area (Å²) in [6, 6.07) is 1.46. The highest BCUT2D eigenvalue weighted by atomic mass is 29.3. The first-order valence-electron chi connectivity index (χ1n) is 6.75. The van der Waals surface area contributed by atoms with Crippen molar-refractivity contribution in [3.8, 4) is 0 Å². The van der Waals surface area contributed by atoms with Crippen molar-refractivity contribution in [2.45, 2.75) is 71.9 Å². The Balaban J connectivity index is 3.03. The fraction of sp³-hybridized carbons (Fsp3) is 1.00. The molecule has 0 aliphatic carbocycles. The van der Waals surface area contributed by atoms with E-state index < -0.39 is 15.4 Å². The van der Waals surface area contributed by atoms with Gasteiger partial charge in [0.2, 0.25) is 0 Å². The Bertz CT molecular complexity index is 249. The summed E-state index contributed by atoms with van der Waals surface area (Å²) in [6.07, 6.45) is 1.29. The van der Waals surface area contributed by atoms with Gasteiger partial charge in [-0.1, -0.05) is 46.8 Å². The van der Waals surface area contributed by atoms with E-state index in [9.17, 15) is 0 Å². The van der Waals surface area contributed by atoms with E-state index in [0.717, 1.165) is 0 Å². The minimum absolute atomic E-state index is 0.165. The van der Waals surface area contributed by atoms with Crippen molar-refractivity contribution in [1.29, 1.82) is 0 Å². The van der Waals surface area contributed by atoms with Gasteiger partial charge in [0.25, 0.3) is 0 Å². The molecule has 1 nitrogen and oxygen atoms in total. The second-order valence-electron chi connectivity index (χ2n) is 7.26. The number of hydrogen-bond donors (Lipinski definition) is 0. The molecule has 1 heterocycles. The fourth-order valence-electron chi connectivity index (χ4n) is 2.95. The van der Waals surface area contributed by atoms with Crippen LogP contribution in [-0.4, -0.2) is 21.0 Å². The number of hydrogen-bond acceptors (Lipinski definition) is 1. The predicted octanol–water partition coefficient (Wildman–Crippen LogP) is 4.45. The zero-order valence-corrected chi connectivity index (χ0v) is 14.5. The van der Waals surface area contributed by atoms with Crippen molar-refractivity contribution in [2.24, 2.45) is 11.8 Å². The molecular formula is C13H30OSi2. The zero-order chi connectivity index (χ0) is 12.8. The van der Waals surface area contributed by atoms with E-state index in [1.807, 2.05) is 0 Å². The Kier molecular flexibility index (Phi) is 3.84. The van der Waals surface area contributed by atoms with E-state index in [0.29, 0.717) is 11.8 Å². The van der Waals surface area contributed by atoms with E-state index in [-0.39, 0.29) is 5.60 Å². The van der Waals surface area contributed by atoms with Gasteiger partial charge in [0.1, 0.15) is 0 Å². The van der Waals surface area contributed by atoms with E-state index >= 15 is 0 Å². The molecule has 16 heavy (non-hydrogen) atoms. The molecule has 0 atom stereocenters. The summed E-state index contributed by atoms with van der Waals surface area (Å²) in [7, 11) is -2.52. The third kappa shape index (κ3) is 2.18. The Morgan fingerprint density at radius 3 is 1.69 bits per heavy atom. The molecule has 0 aromatic rings. The average Bonchev–Trinajstić information content (AvgIpc) is 2.09. The van der Waals surface area contributed by atoms with Crippen LogP contribution in [0.2, 0.25) is 32.2 Å². The smallest absolute Gasteiger partial charge is 0.174 e. The van der Waals surface area contributed by atoms with Gasteiger partial charge in [0.15, 0.2) is 7.83 Å². The molecule has 1 rings (SSSR count). The molecule has 0 radical (unpaired) electrons. The highest BCUT2D eigenvalue weighted by molar-refractivity contribution is 7.38. The number of rotatable bonds is 2. The topological polar surface area (TPSA) is 9.23 Å². The molecule has 1 saturated heterocycles. The van der Waals surface area contributed by atoms with Gasteiger partial charge >= 0.3 is 0 Å². The Labute approximate surface area is 104 Å². The van der Waals surface area contributed by atoms with Gasteiger partial charge in [0, 0.05) is 0 Å². The molecule has 0 bridgehead atoms. The summed E-state index contributed by atoms with van der Waals surface area (Å²) in [5.74, 6) is 1.29. The normalized spacial score (nSPS) is 27.4. The van der Waals surface area contributed by atoms with Gasteiger partial charge in [-0.3, -0.25) is 0 Å². The maximum atomic E-state index is 6.80. The van der Waals surface area contributed by atoms with Crippen molar-refractivity contribution in [3.05, 3.63) is 0 Å². The molecule has 0 aromatic heterocycles. The molecule has 1 aliphatic rings. The molecule has 0 amide bonds. The summed E-state index contributed by atoms with van der Waals surface area (Å²) in [6.45, 7) is 19.3. The van der Waals surface area contributed by atoms with Crippen LogP contribution in [0.1, 0.15) is 34.1 Å². The molecule has 0 saturated carbocycles. The van der Waals surface area contributed by atoms with Crippen LogP contribution >= 0.6 is 0 Å². The van der Waals surface area contributed by atoms with E-state index in [1.165, 1.54) is 12.5 Å². The lowest BCUT2D eigenvalue weighted by atomic mass is 9.78. The second-order valence-corrected chi connectivity index (χ2v) is 22.4. The first-order valence-corrected chi connectivity index (χ1v) is 13.9. The zero-order valence-electron chi connectivity index (χ0n) is 12.5. The highest BCUT2D eigenvalue weighted by Gasteiger charge is 2.54. The third-order valence-corrected chi connectivity index (χ3v) is 21.7. The monoisotopic (exact) mass is 258 g/mol.